The lowest BCUT2D eigenvalue weighted by Gasteiger charge is -2.11. The van der Waals surface area contributed by atoms with Gasteiger partial charge in [-0.25, -0.2) is 0 Å². The summed E-state index contributed by atoms with van der Waals surface area (Å²) in [7, 11) is 0. The van der Waals surface area contributed by atoms with E-state index in [4.69, 9.17) is 9.47 Å². The Morgan fingerprint density at radius 2 is 1.61 bits per heavy atom. The van der Waals surface area contributed by atoms with Crippen LogP contribution in [-0.4, -0.2) is 6.10 Å². The highest BCUT2D eigenvalue weighted by Gasteiger charge is 2.00. The zero-order valence-corrected chi connectivity index (χ0v) is 10.8. The van der Waals surface area contributed by atoms with Crippen LogP contribution < -0.4 is 9.47 Å². The van der Waals surface area contributed by atoms with E-state index in [0.717, 1.165) is 17.1 Å². The third-order valence-electron chi connectivity index (χ3n) is 2.43. The Labute approximate surface area is 108 Å². The largest absolute Gasteiger partial charge is 0.491 e. The van der Waals surface area contributed by atoms with Crippen molar-refractivity contribution in [2.24, 2.45) is 0 Å². The fraction of sp³-hybridized carbons (Fsp3) is 0.250. The molecule has 0 aliphatic rings. The molecule has 0 aliphatic carbocycles. The van der Waals surface area contributed by atoms with Crippen LogP contribution in [-0.2, 0) is 6.61 Å². The van der Waals surface area contributed by atoms with Crippen LogP contribution in [0.3, 0.4) is 0 Å². The molecule has 0 bridgehead atoms. The Morgan fingerprint density at radius 1 is 0.889 bits per heavy atom. The quantitative estimate of drug-likeness (QED) is 0.787. The van der Waals surface area contributed by atoms with Crippen LogP contribution >= 0.6 is 0 Å². The minimum Gasteiger partial charge on any atom is -0.491 e. The molecule has 0 spiro atoms. The summed E-state index contributed by atoms with van der Waals surface area (Å²) in [4.78, 5) is 0. The van der Waals surface area contributed by atoms with Crippen LogP contribution in [0.1, 0.15) is 19.4 Å². The van der Waals surface area contributed by atoms with Gasteiger partial charge in [-0.3, -0.25) is 0 Å². The van der Waals surface area contributed by atoms with Crippen molar-refractivity contribution < 1.29 is 9.47 Å². The highest BCUT2D eigenvalue weighted by molar-refractivity contribution is 5.33. The lowest BCUT2D eigenvalue weighted by Crippen LogP contribution is -2.05. The van der Waals surface area contributed by atoms with Crippen molar-refractivity contribution in [3.05, 3.63) is 60.2 Å². The molecule has 0 N–H and O–H groups in total. The standard InChI is InChI=1S/C16H18O2/c1-13(2)18-16-10-6-9-15(11-16)17-12-14-7-4-3-5-8-14/h3-11,13H,12H2,1-2H3. The monoisotopic (exact) mass is 242 g/mol. The Hall–Kier alpha value is -1.96. The Balaban J connectivity index is 1.97. The molecule has 0 saturated carbocycles. The van der Waals surface area contributed by atoms with Crippen molar-refractivity contribution in [2.45, 2.75) is 26.6 Å². The van der Waals surface area contributed by atoms with E-state index in [-0.39, 0.29) is 6.10 Å². The lowest BCUT2D eigenvalue weighted by atomic mass is 10.2. The molecule has 0 unspecified atom stereocenters. The third kappa shape index (κ3) is 3.81. The normalized spacial score (nSPS) is 10.4. The minimum atomic E-state index is 0.175. The molecular formula is C16H18O2. The molecule has 0 saturated heterocycles. The first kappa shape index (κ1) is 12.5. The molecule has 0 radical (unpaired) electrons. The summed E-state index contributed by atoms with van der Waals surface area (Å²) in [5.74, 6) is 1.67. The summed E-state index contributed by atoms with van der Waals surface area (Å²) in [5.41, 5.74) is 1.16. The second-order valence-corrected chi connectivity index (χ2v) is 4.42. The van der Waals surface area contributed by atoms with Crippen LogP contribution in [0.4, 0.5) is 0 Å². The van der Waals surface area contributed by atoms with Crippen molar-refractivity contribution in [3.8, 4) is 11.5 Å². The molecule has 2 heteroatoms. The van der Waals surface area contributed by atoms with Crippen molar-refractivity contribution in [1.29, 1.82) is 0 Å². The van der Waals surface area contributed by atoms with Gasteiger partial charge in [-0.05, 0) is 31.5 Å². The van der Waals surface area contributed by atoms with Crippen molar-refractivity contribution >= 4 is 0 Å². The summed E-state index contributed by atoms with van der Waals surface area (Å²) >= 11 is 0. The first-order valence-corrected chi connectivity index (χ1v) is 6.17. The minimum absolute atomic E-state index is 0.175. The highest BCUT2D eigenvalue weighted by atomic mass is 16.5. The Bertz CT molecular complexity index is 477. The predicted octanol–water partition coefficient (Wildman–Crippen LogP) is 4.05. The number of hydrogen-bond donors (Lipinski definition) is 0. The van der Waals surface area contributed by atoms with Crippen LogP contribution in [0.25, 0.3) is 0 Å². The van der Waals surface area contributed by atoms with Gasteiger partial charge in [-0.2, -0.15) is 0 Å². The molecule has 0 atom stereocenters. The second kappa shape index (κ2) is 6.10. The summed E-state index contributed by atoms with van der Waals surface area (Å²) in [6, 6.07) is 17.9. The van der Waals surface area contributed by atoms with Gasteiger partial charge in [0.05, 0.1) is 6.10 Å². The van der Waals surface area contributed by atoms with Gasteiger partial charge in [0.1, 0.15) is 18.1 Å². The van der Waals surface area contributed by atoms with Gasteiger partial charge in [0, 0.05) is 6.07 Å². The van der Waals surface area contributed by atoms with Gasteiger partial charge in [0.15, 0.2) is 0 Å². The van der Waals surface area contributed by atoms with E-state index in [1.165, 1.54) is 0 Å². The Kier molecular flexibility index (Phi) is 4.24. The molecule has 0 amide bonds. The zero-order valence-electron chi connectivity index (χ0n) is 10.8. The molecular weight excluding hydrogens is 224 g/mol. The Morgan fingerprint density at radius 3 is 2.33 bits per heavy atom. The maximum Gasteiger partial charge on any atom is 0.123 e. The van der Waals surface area contributed by atoms with Crippen LogP contribution in [0, 0.1) is 0 Å². The molecule has 0 aromatic heterocycles. The number of benzene rings is 2. The number of rotatable bonds is 5. The molecule has 2 rings (SSSR count). The maximum atomic E-state index is 5.73. The molecule has 94 valence electrons. The van der Waals surface area contributed by atoms with E-state index >= 15 is 0 Å². The maximum absolute atomic E-state index is 5.73. The van der Waals surface area contributed by atoms with Crippen LogP contribution in [0.5, 0.6) is 11.5 Å². The van der Waals surface area contributed by atoms with Crippen LogP contribution in [0.15, 0.2) is 54.6 Å². The highest BCUT2D eigenvalue weighted by Crippen LogP contribution is 2.21. The number of hydrogen-bond acceptors (Lipinski definition) is 2. The summed E-state index contributed by atoms with van der Waals surface area (Å²) in [6.45, 7) is 4.60. The molecule has 2 aromatic carbocycles. The van der Waals surface area contributed by atoms with Gasteiger partial charge in [-0.1, -0.05) is 36.4 Å². The fourth-order valence-corrected chi connectivity index (χ4v) is 1.65. The summed E-state index contributed by atoms with van der Waals surface area (Å²) in [6.07, 6.45) is 0.175. The molecule has 0 fully saturated rings. The molecule has 2 aromatic rings. The topological polar surface area (TPSA) is 18.5 Å². The van der Waals surface area contributed by atoms with E-state index in [9.17, 15) is 0 Å². The lowest BCUT2D eigenvalue weighted by molar-refractivity contribution is 0.239. The van der Waals surface area contributed by atoms with Gasteiger partial charge < -0.3 is 9.47 Å². The molecule has 0 heterocycles. The number of ether oxygens (including phenoxy) is 2. The SMILES string of the molecule is CC(C)Oc1cccc(OCc2ccccc2)c1. The molecule has 2 nitrogen and oxygen atoms in total. The van der Waals surface area contributed by atoms with Gasteiger partial charge >= 0.3 is 0 Å². The van der Waals surface area contributed by atoms with Crippen LogP contribution in [0.2, 0.25) is 0 Å². The van der Waals surface area contributed by atoms with E-state index in [2.05, 4.69) is 12.1 Å². The van der Waals surface area contributed by atoms with Gasteiger partial charge in [-0.15, -0.1) is 0 Å². The zero-order chi connectivity index (χ0) is 12.8. The molecule has 18 heavy (non-hydrogen) atoms. The fourth-order valence-electron chi connectivity index (χ4n) is 1.65. The van der Waals surface area contributed by atoms with Crippen molar-refractivity contribution in [3.63, 3.8) is 0 Å². The third-order valence-corrected chi connectivity index (χ3v) is 2.43. The first-order valence-electron chi connectivity index (χ1n) is 6.17. The smallest absolute Gasteiger partial charge is 0.123 e. The van der Waals surface area contributed by atoms with E-state index in [1.807, 2.05) is 56.3 Å². The van der Waals surface area contributed by atoms with Crippen molar-refractivity contribution in [1.82, 2.24) is 0 Å². The summed E-state index contributed by atoms with van der Waals surface area (Å²) < 4.78 is 11.4. The molecule has 0 aliphatic heterocycles. The van der Waals surface area contributed by atoms with E-state index < -0.39 is 0 Å². The first-order chi connectivity index (χ1) is 8.74. The average Bonchev–Trinajstić information content (AvgIpc) is 2.37. The average molecular weight is 242 g/mol. The second-order valence-electron chi connectivity index (χ2n) is 4.42. The van der Waals surface area contributed by atoms with Gasteiger partial charge in [0.2, 0.25) is 0 Å². The van der Waals surface area contributed by atoms with Crippen molar-refractivity contribution in [2.75, 3.05) is 0 Å². The summed E-state index contributed by atoms with van der Waals surface area (Å²) in [5, 5.41) is 0. The van der Waals surface area contributed by atoms with E-state index in [1.54, 1.807) is 0 Å². The van der Waals surface area contributed by atoms with Gasteiger partial charge in [0.25, 0.3) is 0 Å². The predicted molar refractivity (Wildman–Crippen MR) is 73.0 cm³/mol. The van der Waals surface area contributed by atoms with E-state index in [0.29, 0.717) is 6.61 Å².